The maximum absolute atomic E-state index is 12.4. The minimum atomic E-state index is -1.59. The molecule has 2 aromatic rings. The van der Waals surface area contributed by atoms with E-state index in [-0.39, 0.29) is 0 Å². The molecule has 0 aliphatic carbocycles. The Balaban J connectivity index is 1.60. The number of hydrazine groups is 2. The third-order valence-electron chi connectivity index (χ3n) is 4.11. The van der Waals surface area contributed by atoms with Gasteiger partial charge in [0.25, 0.3) is 5.91 Å². The lowest BCUT2D eigenvalue weighted by Crippen LogP contribution is -2.65. The van der Waals surface area contributed by atoms with Crippen LogP contribution in [0.25, 0.3) is 0 Å². The molecule has 9 nitrogen and oxygen atoms in total. The van der Waals surface area contributed by atoms with E-state index in [1.165, 1.54) is 0 Å². The Hall–Kier alpha value is -2.69. The average Bonchev–Trinajstić information content (AvgIpc) is 2.71. The summed E-state index contributed by atoms with van der Waals surface area (Å²) in [6, 6.07) is 17.9. The van der Waals surface area contributed by atoms with Gasteiger partial charge in [0, 0.05) is 5.69 Å². The van der Waals surface area contributed by atoms with Crippen molar-refractivity contribution in [2.24, 2.45) is 0 Å². The molecule has 0 aromatic heterocycles. The fraction of sp³-hybridized carbons (Fsp3) is 0.278. The molecule has 1 saturated heterocycles. The highest BCUT2D eigenvalue weighted by atomic mass is 16.6. The number of aliphatic hydroxyl groups excluding tert-OH is 3. The van der Waals surface area contributed by atoms with Crippen molar-refractivity contribution < 1.29 is 24.9 Å². The molecule has 0 radical (unpaired) electrons. The highest BCUT2D eigenvalue weighted by molar-refractivity contribution is 5.82. The number of hydrogen-bond donors (Lipinski definition) is 7. The zero-order valence-corrected chi connectivity index (χ0v) is 14.3. The van der Waals surface area contributed by atoms with Gasteiger partial charge in [0.2, 0.25) is 0 Å². The summed E-state index contributed by atoms with van der Waals surface area (Å²) in [4.78, 5) is 12.4. The van der Waals surface area contributed by atoms with E-state index in [9.17, 15) is 20.1 Å². The third-order valence-corrected chi connectivity index (χ3v) is 4.11. The summed E-state index contributed by atoms with van der Waals surface area (Å²) in [7, 11) is 0. The lowest BCUT2D eigenvalue weighted by atomic mass is 9.98. The summed E-state index contributed by atoms with van der Waals surface area (Å²) >= 11 is 0. The van der Waals surface area contributed by atoms with Crippen molar-refractivity contribution in [2.75, 3.05) is 10.9 Å². The van der Waals surface area contributed by atoms with E-state index in [2.05, 4.69) is 21.7 Å². The first-order valence-electron chi connectivity index (χ1n) is 8.43. The van der Waals surface area contributed by atoms with Gasteiger partial charge in [-0.25, -0.2) is 5.43 Å². The molecule has 1 heterocycles. The fourth-order valence-electron chi connectivity index (χ4n) is 2.62. The van der Waals surface area contributed by atoms with Crippen LogP contribution in [0.15, 0.2) is 60.7 Å². The van der Waals surface area contributed by atoms with Crippen LogP contribution in [0.1, 0.15) is 0 Å². The van der Waals surface area contributed by atoms with Gasteiger partial charge in [0.1, 0.15) is 18.3 Å². The van der Waals surface area contributed by atoms with E-state index >= 15 is 0 Å². The third kappa shape index (κ3) is 4.73. The van der Waals surface area contributed by atoms with Crippen LogP contribution in [0.2, 0.25) is 0 Å². The summed E-state index contributed by atoms with van der Waals surface area (Å²) in [5.41, 5.74) is 12.0. The molecule has 1 aliphatic rings. The van der Waals surface area contributed by atoms with Gasteiger partial charge in [-0.2, -0.15) is 0 Å². The number of benzene rings is 2. The Kier molecular flexibility index (Phi) is 6.22. The zero-order chi connectivity index (χ0) is 19.2. The van der Waals surface area contributed by atoms with Gasteiger partial charge in [-0.3, -0.25) is 15.6 Å². The molecule has 0 saturated carbocycles. The van der Waals surface area contributed by atoms with Gasteiger partial charge in [-0.15, -0.1) is 0 Å². The smallest absolute Gasteiger partial charge is 0.270 e. The Bertz CT molecular complexity index is 733. The maximum atomic E-state index is 12.4. The molecule has 0 spiro atoms. The summed E-state index contributed by atoms with van der Waals surface area (Å²) < 4.78 is 5.47. The molecule has 27 heavy (non-hydrogen) atoms. The molecular weight excluding hydrogens is 352 g/mol. The molecule has 9 heteroatoms. The second-order valence-electron chi connectivity index (χ2n) is 6.06. The van der Waals surface area contributed by atoms with Crippen molar-refractivity contribution in [2.45, 2.75) is 30.6 Å². The number of anilines is 2. The number of rotatable bonds is 6. The van der Waals surface area contributed by atoms with Crippen LogP contribution in [0.3, 0.4) is 0 Å². The summed E-state index contributed by atoms with van der Waals surface area (Å²) in [5, 5.41) is 30.3. The standard InChI is InChI=1S/C18H22N4O5/c23-13-14(24)16(17(26)21-19-11-7-3-1-4-8-11)27-18(15(13)25)22-20-12-9-5-2-6-10-12/h1-10,13-16,18-20,22-25H,(H,21,26). The maximum Gasteiger partial charge on any atom is 0.270 e. The molecule has 0 bridgehead atoms. The Morgan fingerprint density at radius 2 is 1.33 bits per heavy atom. The number of hydrogen-bond acceptors (Lipinski definition) is 8. The molecule has 3 rings (SSSR count). The van der Waals surface area contributed by atoms with Gasteiger partial charge < -0.3 is 25.5 Å². The van der Waals surface area contributed by atoms with Crippen LogP contribution in [0, 0.1) is 0 Å². The minimum absolute atomic E-state index is 0.636. The first-order valence-corrected chi connectivity index (χ1v) is 8.43. The zero-order valence-electron chi connectivity index (χ0n) is 14.3. The predicted molar refractivity (Wildman–Crippen MR) is 98.1 cm³/mol. The number of carbonyl (C=O) groups excluding carboxylic acids is 1. The molecule has 2 aromatic carbocycles. The van der Waals surface area contributed by atoms with Crippen molar-refractivity contribution in [3.63, 3.8) is 0 Å². The van der Waals surface area contributed by atoms with Crippen LogP contribution in [-0.2, 0) is 9.53 Å². The highest BCUT2D eigenvalue weighted by Gasteiger charge is 2.46. The lowest BCUT2D eigenvalue weighted by molar-refractivity contribution is -0.225. The number of nitrogens with one attached hydrogen (secondary N) is 4. The SMILES string of the molecule is O=C(NNc1ccccc1)C1OC(NNc2ccccc2)C(O)C(O)C1O. The second-order valence-corrected chi connectivity index (χ2v) is 6.06. The van der Waals surface area contributed by atoms with E-state index < -0.39 is 36.6 Å². The molecule has 144 valence electrons. The second kappa shape index (κ2) is 8.80. The number of amides is 1. The van der Waals surface area contributed by atoms with Crippen LogP contribution in [-0.4, -0.2) is 51.9 Å². The van der Waals surface area contributed by atoms with Gasteiger partial charge in [-0.05, 0) is 24.3 Å². The van der Waals surface area contributed by atoms with E-state index in [0.29, 0.717) is 11.4 Å². The fourth-order valence-corrected chi connectivity index (χ4v) is 2.62. The van der Waals surface area contributed by atoms with Gasteiger partial charge in [0.15, 0.2) is 12.3 Å². The van der Waals surface area contributed by atoms with Crippen LogP contribution < -0.4 is 21.7 Å². The van der Waals surface area contributed by atoms with Crippen molar-refractivity contribution in [3.05, 3.63) is 60.7 Å². The average molecular weight is 374 g/mol. The van der Waals surface area contributed by atoms with Crippen molar-refractivity contribution in [3.8, 4) is 0 Å². The van der Waals surface area contributed by atoms with Crippen molar-refractivity contribution in [1.82, 2.24) is 10.9 Å². The lowest BCUT2D eigenvalue weighted by Gasteiger charge is -2.40. The van der Waals surface area contributed by atoms with E-state index in [1.807, 2.05) is 24.3 Å². The summed E-state index contributed by atoms with van der Waals surface area (Å²) in [6.45, 7) is 0. The first kappa shape index (κ1) is 19.1. The monoisotopic (exact) mass is 374 g/mol. The van der Waals surface area contributed by atoms with Crippen LogP contribution in [0.5, 0.6) is 0 Å². The molecular formula is C18H22N4O5. The molecule has 1 amide bonds. The molecule has 5 unspecified atom stereocenters. The van der Waals surface area contributed by atoms with Crippen LogP contribution >= 0.6 is 0 Å². The van der Waals surface area contributed by atoms with E-state index in [0.717, 1.165) is 0 Å². The van der Waals surface area contributed by atoms with Crippen molar-refractivity contribution in [1.29, 1.82) is 0 Å². The number of para-hydroxylation sites is 2. The number of ether oxygens (including phenoxy) is 1. The Morgan fingerprint density at radius 1 is 0.778 bits per heavy atom. The summed E-state index contributed by atoms with van der Waals surface area (Å²) in [5.74, 6) is -0.691. The van der Waals surface area contributed by atoms with Gasteiger partial charge >= 0.3 is 0 Å². The van der Waals surface area contributed by atoms with Crippen molar-refractivity contribution >= 4 is 17.3 Å². The normalized spacial score (nSPS) is 27.6. The number of carbonyl (C=O) groups is 1. The van der Waals surface area contributed by atoms with Gasteiger partial charge in [0.05, 0.1) is 5.69 Å². The molecule has 7 N–H and O–H groups in total. The van der Waals surface area contributed by atoms with Gasteiger partial charge in [-0.1, -0.05) is 36.4 Å². The highest BCUT2D eigenvalue weighted by Crippen LogP contribution is 2.20. The molecule has 1 aliphatic heterocycles. The van der Waals surface area contributed by atoms with E-state index in [4.69, 9.17) is 4.74 Å². The summed E-state index contributed by atoms with van der Waals surface area (Å²) in [6.07, 6.45) is -7.12. The topological polar surface area (TPSA) is 135 Å². The van der Waals surface area contributed by atoms with Crippen LogP contribution in [0.4, 0.5) is 11.4 Å². The minimum Gasteiger partial charge on any atom is -0.387 e. The quantitative estimate of drug-likeness (QED) is 0.338. The van der Waals surface area contributed by atoms with E-state index in [1.54, 1.807) is 36.4 Å². The molecule has 5 atom stereocenters. The Morgan fingerprint density at radius 3 is 1.93 bits per heavy atom. The number of aliphatic hydroxyl groups is 3. The Labute approximate surface area is 155 Å². The molecule has 1 fully saturated rings. The predicted octanol–water partition coefficient (Wildman–Crippen LogP) is -0.446. The largest absolute Gasteiger partial charge is 0.387 e. The first-order chi connectivity index (χ1) is 13.1.